The zero-order chi connectivity index (χ0) is 14.6. The molecule has 0 heterocycles. The molecule has 0 aromatic heterocycles. The molecule has 6 nitrogen and oxygen atoms in total. The summed E-state index contributed by atoms with van der Waals surface area (Å²) in [6, 6.07) is -0.715. The van der Waals surface area contributed by atoms with E-state index < -0.39 is 12.0 Å². The Labute approximate surface area is 113 Å². The third-order valence-electron chi connectivity index (χ3n) is 3.28. The number of carboxylic acids is 1. The first kappa shape index (κ1) is 15.5. The van der Waals surface area contributed by atoms with Crippen LogP contribution in [0, 0.1) is 0 Å². The van der Waals surface area contributed by atoms with Crippen LogP contribution >= 0.6 is 0 Å². The molecular weight excluding hydrogens is 248 g/mol. The fraction of sp³-hybridized carbons (Fsp3) is 0.769. The molecule has 0 bridgehead atoms. The van der Waals surface area contributed by atoms with Crippen LogP contribution in [0.15, 0.2) is 0 Å². The van der Waals surface area contributed by atoms with Crippen molar-refractivity contribution in [1.29, 1.82) is 0 Å². The molecule has 1 atom stereocenters. The molecule has 19 heavy (non-hydrogen) atoms. The van der Waals surface area contributed by atoms with E-state index in [1.54, 1.807) is 14.1 Å². The van der Waals surface area contributed by atoms with Gasteiger partial charge < -0.3 is 14.9 Å². The standard InChI is InChI=1S/C13H22N2O4/c1-9(13(18)19)15(10-7-8-10)12(17)6-4-5-11(16)14(2)3/h9-10H,4-8H2,1-3H3,(H,18,19). The summed E-state index contributed by atoms with van der Waals surface area (Å²) < 4.78 is 0. The maximum absolute atomic E-state index is 12.1. The third-order valence-corrected chi connectivity index (χ3v) is 3.28. The summed E-state index contributed by atoms with van der Waals surface area (Å²) in [4.78, 5) is 37.4. The smallest absolute Gasteiger partial charge is 0.326 e. The number of carbonyl (C=O) groups excluding carboxylic acids is 2. The van der Waals surface area contributed by atoms with Crippen molar-refractivity contribution in [2.24, 2.45) is 0 Å². The van der Waals surface area contributed by atoms with Gasteiger partial charge in [-0.15, -0.1) is 0 Å². The Balaban J connectivity index is 2.45. The van der Waals surface area contributed by atoms with Crippen molar-refractivity contribution in [1.82, 2.24) is 9.80 Å². The largest absolute Gasteiger partial charge is 0.480 e. The molecule has 0 radical (unpaired) electrons. The first-order valence-electron chi connectivity index (χ1n) is 6.58. The SMILES string of the molecule is CC(C(=O)O)N(C(=O)CCCC(=O)N(C)C)C1CC1. The molecule has 1 rings (SSSR count). The van der Waals surface area contributed by atoms with Crippen molar-refractivity contribution in [3.8, 4) is 0 Å². The molecule has 0 saturated heterocycles. The van der Waals surface area contributed by atoms with E-state index in [4.69, 9.17) is 5.11 Å². The Bertz CT molecular complexity index is 364. The van der Waals surface area contributed by atoms with Gasteiger partial charge in [0.2, 0.25) is 11.8 Å². The number of hydrogen-bond donors (Lipinski definition) is 1. The van der Waals surface area contributed by atoms with Crippen LogP contribution in [-0.2, 0) is 14.4 Å². The van der Waals surface area contributed by atoms with E-state index in [0.717, 1.165) is 12.8 Å². The lowest BCUT2D eigenvalue weighted by molar-refractivity contribution is -0.150. The molecule has 108 valence electrons. The second-order valence-electron chi connectivity index (χ2n) is 5.19. The molecule has 0 spiro atoms. The van der Waals surface area contributed by atoms with Crippen molar-refractivity contribution in [3.05, 3.63) is 0 Å². The van der Waals surface area contributed by atoms with Crippen LogP contribution in [0.1, 0.15) is 39.0 Å². The van der Waals surface area contributed by atoms with Gasteiger partial charge in [-0.05, 0) is 26.2 Å². The predicted molar refractivity (Wildman–Crippen MR) is 69.5 cm³/mol. The summed E-state index contributed by atoms with van der Waals surface area (Å²) in [7, 11) is 3.35. The molecule has 1 saturated carbocycles. The number of nitrogens with zero attached hydrogens (tertiary/aromatic N) is 2. The number of rotatable bonds is 7. The Morgan fingerprint density at radius 3 is 2.11 bits per heavy atom. The van der Waals surface area contributed by atoms with Crippen LogP contribution in [-0.4, -0.2) is 58.9 Å². The highest BCUT2D eigenvalue weighted by Gasteiger charge is 2.37. The van der Waals surface area contributed by atoms with Gasteiger partial charge in [0.05, 0.1) is 0 Å². The van der Waals surface area contributed by atoms with Crippen LogP contribution < -0.4 is 0 Å². The predicted octanol–water partition coefficient (Wildman–Crippen LogP) is 0.709. The molecule has 1 unspecified atom stereocenters. The zero-order valence-corrected chi connectivity index (χ0v) is 11.8. The lowest BCUT2D eigenvalue weighted by atomic mass is 10.1. The highest BCUT2D eigenvalue weighted by molar-refractivity contribution is 5.84. The van der Waals surface area contributed by atoms with E-state index in [1.807, 2.05) is 0 Å². The fourth-order valence-corrected chi connectivity index (χ4v) is 1.95. The fourth-order valence-electron chi connectivity index (χ4n) is 1.95. The van der Waals surface area contributed by atoms with Crippen molar-refractivity contribution >= 4 is 17.8 Å². The number of carbonyl (C=O) groups is 3. The summed E-state index contributed by atoms with van der Waals surface area (Å²) in [5.41, 5.74) is 0. The molecule has 0 aliphatic heterocycles. The van der Waals surface area contributed by atoms with E-state index in [2.05, 4.69) is 0 Å². The van der Waals surface area contributed by atoms with Crippen LogP contribution in [0.2, 0.25) is 0 Å². The molecule has 1 fully saturated rings. The molecule has 6 heteroatoms. The number of aliphatic carboxylic acids is 1. The van der Waals surface area contributed by atoms with E-state index >= 15 is 0 Å². The lowest BCUT2D eigenvalue weighted by Crippen LogP contribution is -2.44. The van der Waals surface area contributed by atoms with Crippen molar-refractivity contribution in [3.63, 3.8) is 0 Å². The summed E-state index contributed by atoms with van der Waals surface area (Å²) in [5.74, 6) is -1.16. The Morgan fingerprint density at radius 1 is 1.16 bits per heavy atom. The van der Waals surface area contributed by atoms with Gasteiger partial charge in [0, 0.05) is 33.0 Å². The first-order chi connectivity index (χ1) is 8.84. The number of hydrogen-bond acceptors (Lipinski definition) is 3. The van der Waals surface area contributed by atoms with Crippen LogP contribution in [0.5, 0.6) is 0 Å². The number of carboxylic acid groups (broad SMARTS) is 1. The van der Waals surface area contributed by atoms with Gasteiger partial charge in [-0.3, -0.25) is 9.59 Å². The van der Waals surface area contributed by atoms with Crippen LogP contribution in [0.4, 0.5) is 0 Å². The second-order valence-corrected chi connectivity index (χ2v) is 5.19. The molecule has 1 N–H and O–H groups in total. The van der Waals surface area contributed by atoms with Crippen LogP contribution in [0.3, 0.4) is 0 Å². The summed E-state index contributed by atoms with van der Waals surface area (Å²) in [6.45, 7) is 1.53. The quantitative estimate of drug-likeness (QED) is 0.739. The topological polar surface area (TPSA) is 77.9 Å². The average molecular weight is 270 g/mol. The molecule has 2 amide bonds. The highest BCUT2D eigenvalue weighted by atomic mass is 16.4. The molecular formula is C13H22N2O4. The van der Waals surface area contributed by atoms with Gasteiger partial charge in [0.15, 0.2) is 0 Å². The summed E-state index contributed by atoms with van der Waals surface area (Å²) in [6.07, 6.45) is 2.76. The Hall–Kier alpha value is -1.59. The van der Waals surface area contributed by atoms with Gasteiger partial charge in [0.25, 0.3) is 0 Å². The minimum atomic E-state index is -0.982. The highest BCUT2D eigenvalue weighted by Crippen LogP contribution is 2.29. The molecule has 0 aromatic carbocycles. The van der Waals surface area contributed by atoms with Crippen LogP contribution in [0.25, 0.3) is 0 Å². The summed E-state index contributed by atoms with van der Waals surface area (Å²) >= 11 is 0. The number of amides is 2. The first-order valence-corrected chi connectivity index (χ1v) is 6.58. The van der Waals surface area contributed by atoms with E-state index in [9.17, 15) is 14.4 Å². The minimum absolute atomic E-state index is 0.0166. The van der Waals surface area contributed by atoms with Gasteiger partial charge in [0.1, 0.15) is 6.04 Å². The summed E-state index contributed by atoms with van der Waals surface area (Å²) in [5, 5.41) is 9.01. The maximum Gasteiger partial charge on any atom is 0.326 e. The zero-order valence-electron chi connectivity index (χ0n) is 11.8. The monoisotopic (exact) mass is 270 g/mol. The third kappa shape index (κ3) is 4.54. The van der Waals surface area contributed by atoms with E-state index in [-0.39, 0.29) is 24.3 Å². The Morgan fingerprint density at radius 2 is 1.68 bits per heavy atom. The van der Waals surface area contributed by atoms with E-state index in [1.165, 1.54) is 16.7 Å². The minimum Gasteiger partial charge on any atom is -0.480 e. The van der Waals surface area contributed by atoms with Gasteiger partial charge in [-0.2, -0.15) is 0 Å². The Kier molecular flexibility index (Phi) is 5.32. The van der Waals surface area contributed by atoms with Crippen molar-refractivity contribution < 1.29 is 19.5 Å². The van der Waals surface area contributed by atoms with Gasteiger partial charge >= 0.3 is 5.97 Å². The second kappa shape index (κ2) is 6.54. The molecule has 1 aliphatic rings. The van der Waals surface area contributed by atoms with Gasteiger partial charge in [-0.1, -0.05) is 0 Å². The maximum atomic E-state index is 12.1. The van der Waals surface area contributed by atoms with Crippen molar-refractivity contribution in [2.75, 3.05) is 14.1 Å². The van der Waals surface area contributed by atoms with Gasteiger partial charge in [-0.25, -0.2) is 4.79 Å². The molecule has 1 aliphatic carbocycles. The normalized spacial score (nSPS) is 15.7. The van der Waals surface area contributed by atoms with Crippen molar-refractivity contribution in [2.45, 2.75) is 51.1 Å². The molecule has 0 aromatic rings. The lowest BCUT2D eigenvalue weighted by Gasteiger charge is -2.26. The van der Waals surface area contributed by atoms with E-state index in [0.29, 0.717) is 12.8 Å². The average Bonchev–Trinajstić information content (AvgIpc) is 3.13.